The second-order valence-electron chi connectivity index (χ2n) is 3.97. The van der Waals surface area contributed by atoms with Crippen LogP contribution in [-0.4, -0.2) is 27.5 Å². The van der Waals surface area contributed by atoms with E-state index >= 15 is 0 Å². The summed E-state index contributed by atoms with van der Waals surface area (Å²) in [5, 5.41) is 17.0. The molecule has 1 unspecified atom stereocenters. The molecule has 15 heavy (non-hydrogen) atoms. The fourth-order valence-electron chi connectivity index (χ4n) is 1.29. The molecule has 0 saturated heterocycles. The van der Waals surface area contributed by atoms with Crippen LogP contribution in [0.2, 0.25) is 0 Å². The minimum atomic E-state index is -0.401. The number of nitrogens with one attached hydrogen (secondary N) is 1. The van der Waals surface area contributed by atoms with Crippen molar-refractivity contribution in [1.29, 1.82) is 0 Å². The second-order valence-corrected chi connectivity index (χ2v) is 3.97. The van der Waals surface area contributed by atoms with Gasteiger partial charge in [-0.3, -0.25) is 0 Å². The molecule has 5 nitrogen and oxygen atoms in total. The van der Waals surface area contributed by atoms with Gasteiger partial charge in [-0.2, -0.15) is 5.10 Å². The van der Waals surface area contributed by atoms with Crippen LogP contribution < -0.4 is 11.1 Å². The summed E-state index contributed by atoms with van der Waals surface area (Å²) in [4.78, 5) is 0. The first kappa shape index (κ1) is 11.8. The van der Waals surface area contributed by atoms with Crippen LogP contribution in [-0.2, 0) is 6.54 Å². The summed E-state index contributed by atoms with van der Waals surface area (Å²) in [5.74, 6) is 1.00. The molecule has 1 atom stereocenters. The van der Waals surface area contributed by atoms with E-state index in [2.05, 4.69) is 10.4 Å². The number of hydrogen-bond donors (Lipinski definition) is 3. The van der Waals surface area contributed by atoms with Gasteiger partial charge in [0.1, 0.15) is 5.82 Å². The second kappa shape index (κ2) is 5.02. The van der Waals surface area contributed by atoms with Crippen molar-refractivity contribution < 1.29 is 5.11 Å². The molecule has 1 aromatic heterocycles. The molecule has 86 valence electrons. The van der Waals surface area contributed by atoms with Gasteiger partial charge in [-0.05, 0) is 12.8 Å². The summed E-state index contributed by atoms with van der Waals surface area (Å²) < 4.78 is 1.71. The number of nitrogens with zero attached hydrogens (tertiary/aromatic N) is 2. The fraction of sp³-hybridized carbons (Fsp3) is 0.700. The van der Waals surface area contributed by atoms with Crippen molar-refractivity contribution >= 4 is 11.5 Å². The van der Waals surface area contributed by atoms with E-state index in [1.165, 1.54) is 0 Å². The number of nitrogens with two attached hydrogens (primary N) is 1. The van der Waals surface area contributed by atoms with E-state index in [9.17, 15) is 5.11 Å². The molecule has 1 rings (SSSR count). The smallest absolute Gasteiger partial charge is 0.147 e. The van der Waals surface area contributed by atoms with Gasteiger partial charge >= 0.3 is 0 Å². The number of hydrogen-bond acceptors (Lipinski definition) is 4. The first-order valence-electron chi connectivity index (χ1n) is 5.29. The Labute approximate surface area is 90.3 Å². The van der Waals surface area contributed by atoms with Crippen LogP contribution in [0.15, 0.2) is 6.20 Å². The minimum Gasteiger partial charge on any atom is -0.394 e. The van der Waals surface area contributed by atoms with Gasteiger partial charge in [0.15, 0.2) is 0 Å². The quantitative estimate of drug-likeness (QED) is 0.678. The molecule has 0 fully saturated rings. The van der Waals surface area contributed by atoms with E-state index < -0.39 is 6.10 Å². The van der Waals surface area contributed by atoms with Gasteiger partial charge in [0, 0.05) is 6.54 Å². The van der Waals surface area contributed by atoms with Crippen molar-refractivity contribution in [3.63, 3.8) is 0 Å². The van der Waals surface area contributed by atoms with E-state index in [4.69, 9.17) is 5.73 Å². The van der Waals surface area contributed by atoms with Crippen LogP contribution in [0.5, 0.6) is 0 Å². The lowest BCUT2D eigenvalue weighted by molar-refractivity contribution is 0.103. The van der Waals surface area contributed by atoms with Crippen molar-refractivity contribution in [3.05, 3.63) is 6.20 Å². The SMILES string of the molecule is CCNc1c(N)cnn1CC(O)C(C)C. The van der Waals surface area contributed by atoms with Crippen LogP contribution in [0.4, 0.5) is 11.5 Å². The highest BCUT2D eigenvalue weighted by atomic mass is 16.3. The van der Waals surface area contributed by atoms with Crippen LogP contribution in [0.3, 0.4) is 0 Å². The molecule has 5 heteroatoms. The van der Waals surface area contributed by atoms with Crippen molar-refractivity contribution in [2.24, 2.45) is 5.92 Å². The standard InChI is InChI=1S/C10H20N4O/c1-4-12-10-8(11)5-13-14(10)6-9(15)7(2)3/h5,7,9,12,15H,4,6,11H2,1-3H3. The topological polar surface area (TPSA) is 76.1 Å². The maximum absolute atomic E-state index is 9.75. The Bertz CT molecular complexity index is 308. The summed E-state index contributed by atoms with van der Waals surface area (Å²) in [6.07, 6.45) is 1.20. The van der Waals surface area contributed by atoms with Gasteiger partial charge < -0.3 is 16.2 Å². The number of aliphatic hydroxyl groups is 1. The number of rotatable bonds is 5. The summed E-state index contributed by atoms with van der Waals surface area (Å²) in [5.41, 5.74) is 6.37. The zero-order chi connectivity index (χ0) is 11.4. The third kappa shape index (κ3) is 2.86. The lowest BCUT2D eigenvalue weighted by atomic mass is 10.1. The number of anilines is 2. The van der Waals surface area contributed by atoms with Crippen molar-refractivity contribution in [2.45, 2.75) is 33.4 Å². The minimum absolute atomic E-state index is 0.213. The Balaban J connectivity index is 2.76. The summed E-state index contributed by atoms with van der Waals surface area (Å²) in [7, 11) is 0. The molecule has 1 heterocycles. The van der Waals surface area contributed by atoms with E-state index in [1.807, 2.05) is 20.8 Å². The molecule has 0 bridgehead atoms. The lowest BCUT2D eigenvalue weighted by Gasteiger charge is -2.16. The molecule has 0 radical (unpaired) electrons. The molecule has 0 amide bonds. The maximum atomic E-state index is 9.75. The Morgan fingerprint density at radius 1 is 1.60 bits per heavy atom. The number of nitrogen functional groups attached to an aromatic ring is 1. The van der Waals surface area contributed by atoms with Crippen molar-refractivity contribution in [1.82, 2.24) is 9.78 Å². The zero-order valence-corrected chi connectivity index (χ0v) is 9.57. The molecule has 0 saturated carbocycles. The molecular formula is C10H20N4O. The average Bonchev–Trinajstić information content (AvgIpc) is 2.50. The molecule has 0 aliphatic heterocycles. The number of aliphatic hydroxyl groups excluding tert-OH is 1. The molecule has 0 spiro atoms. The predicted molar refractivity (Wildman–Crippen MR) is 61.6 cm³/mol. The molecule has 1 aromatic rings. The van der Waals surface area contributed by atoms with E-state index in [0.717, 1.165) is 12.4 Å². The van der Waals surface area contributed by atoms with Crippen molar-refractivity contribution in [3.8, 4) is 0 Å². The highest BCUT2D eigenvalue weighted by Gasteiger charge is 2.14. The average molecular weight is 212 g/mol. The summed E-state index contributed by atoms with van der Waals surface area (Å²) in [6.45, 7) is 7.20. The van der Waals surface area contributed by atoms with Crippen LogP contribution in [0, 0.1) is 5.92 Å². The Hall–Kier alpha value is -1.23. The molecule has 0 aliphatic rings. The number of aromatic nitrogens is 2. The molecule has 0 aliphatic carbocycles. The van der Waals surface area contributed by atoms with Gasteiger partial charge in [0.25, 0.3) is 0 Å². The van der Waals surface area contributed by atoms with E-state index in [0.29, 0.717) is 12.2 Å². The molecular weight excluding hydrogens is 192 g/mol. The van der Waals surface area contributed by atoms with Crippen LogP contribution in [0.25, 0.3) is 0 Å². The monoisotopic (exact) mass is 212 g/mol. The Kier molecular flexibility index (Phi) is 3.96. The third-order valence-electron chi connectivity index (χ3n) is 2.34. The third-order valence-corrected chi connectivity index (χ3v) is 2.34. The fourth-order valence-corrected chi connectivity index (χ4v) is 1.29. The van der Waals surface area contributed by atoms with Gasteiger partial charge in [0.2, 0.25) is 0 Å². The molecule has 4 N–H and O–H groups in total. The molecule has 0 aromatic carbocycles. The van der Waals surface area contributed by atoms with Crippen LogP contribution >= 0.6 is 0 Å². The zero-order valence-electron chi connectivity index (χ0n) is 9.57. The summed E-state index contributed by atoms with van der Waals surface area (Å²) >= 11 is 0. The van der Waals surface area contributed by atoms with E-state index in [-0.39, 0.29) is 5.92 Å². The predicted octanol–water partition coefficient (Wildman–Crippen LogP) is 0.914. The van der Waals surface area contributed by atoms with Gasteiger partial charge in [-0.1, -0.05) is 13.8 Å². The lowest BCUT2D eigenvalue weighted by Crippen LogP contribution is -2.23. The van der Waals surface area contributed by atoms with E-state index in [1.54, 1.807) is 10.9 Å². The van der Waals surface area contributed by atoms with Gasteiger partial charge in [-0.15, -0.1) is 0 Å². The Morgan fingerprint density at radius 2 is 2.27 bits per heavy atom. The first-order chi connectivity index (χ1) is 7.06. The largest absolute Gasteiger partial charge is 0.394 e. The normalized spacial score (nSPS) is 13.1. The maximum Gasteiger partial charge on any atom is 0.147 e. The van der Waals surface area contributed by atoms with Crippen molar-refractivity contribution in [2.75, 3.05) is 17.6 Å². The van der Waals surface area contributed by atoms with Gasteiger partial charge in [0.05, 0.1) is 24.5 Å². The van der Waals surface area contributed by atoms with Gasteiger partial charge in [-0.25, -0.2) is 4.68 Å². The van der Waals surface area contributed by atoms with Crippen LogP contribution in [0.1, 0.15) is 20.8 Å². The highest BCUT2D eigenvalue weighted by molar-refractivity contribution is 5.60. The summed E-state index contributed by atoms with van der Waals surface area (Å²) in [6, 6.07) is 0. The highest BCUT2D eigenvalue weighted by Crippen LogP contribution is 2.18. The first-order valence-corrected chi connectivity index (χ1v) is 5.29. The Morgan fingerprint density at radius 3 is 2.80 bits per heavy atom.